The fourth-order valence-electron chi connectivity index (χ4n) is 1.14. The minimum atomic E-state index is -0.558. The summed E-state index contributed by atoms with van der Waals surface area (Å²) in [7, 11) is 0. The highest BCUT2D eigenvalue weighted by molar-refractivity contribution is 5.73. The molecule has 0 radical (unpaired) electrons. The monoisotopic (exact) mass is 230 g/mol. The summed E-state index contributed by atoms with van der Waals surface area (Å²) in [6.07, 6.45) is 2.42. The maximum absolute atomic E-state index is 11.3. The molecule has 0 aromatic rings. The summed E-state index contributed by atoms with van der Waals surface area (Å²) in [6, 6.07) is -0.485. The van der Waals surface area contributed by atoms with Crippen LogP contribution >= 0.6 is 0 Å². The van der Waals surface area contributed by atoms with Crippen LogP contribution in [0.5, 0.6) is 0 Å². The molecule has 16 heavy (non-hydrogen) atoms. The van der Waals surface area contributed by atoms with Gasteiger partial charge in [0.15, 0.2) is 0 Å². The Morgan fingerprint density at radius 3 is 2.50 bits per heavy atom. The Bertz CT molecular complexity index is 224. The van der Waals surface area contributed by atoms with Gasteiger partial charge < -0.3 is 20.6 Å². The lowest BCUT2D eigenvalue weighted by molar-refractivity contribution is -0.109. The van der Waals surface area contributed by atoms with Gasteiger partial charge in [-0.25, -0.2) is 4.79 Å². The highest BCUT2D eigenvalue weighted by atomic mass is 16.6. The minimum Gasteiger partial charge on any atom is -0.444 e. The quantitative estimate of drug-likeness (QED) is 0.531. The Morgan fingerprint density at radius 1 is 1.44 bits per heavy atom. The first-order chi connectivity index (χ1) is 7.39. The zero-order valence-electron chi connectivity index (χ0n) is 10.3. The fraction of sp³-hybridized carbons (Fsp3) is 0.818. The lowest BCUT2D eigenvalue weighted by atomic mass is 10.1. The molecule has 0 aliphatic heterocycles. The lowest BCUT2D eigenvalue weighted by Gasteiger charge is -2.21. The summed E-state index contributed by atoms with van der Waals surface area (Å²) in [5.41, 5.74) is 4.79. The van der Waals surface area contributed by atoms with Crippen molar-refractivity contribution in [2.45, 2.75) is 51.7 Å². The van der Waals surface area contributed by atoms with E-state index in [1.165, 1.54) is 0 Å². The largest absolute Gasteiger partial charge is 0.444 e. The van der Waals surface area contributed by atoms with Crippen molar-refractivity contribution in [1.82, 2.24) is 5.32 Å². The number of carbonyl (C=O) groups is 2. The fourth-order valence-corrected chi connectivity index (χ4v) is 1.14. The molecule has 0 rings (SSSR count). The number of nitrogens with two attached hydrogens (primary N) is 1. The predicted octanol–water partition coefficient (Wildman–Crippen LogP) is 1.21. The van der Waals surface area contributed by atoms with Crippen molar-refractivity contribution in [3.8, 4) is 0 Å². The molecule has 3 N–H and O–H groups in total. The van der Waals surface area contributed by atoms with Crippen LogP contribution in [-0.2, 0) is 9.53 Å². The first-order valence-electron chi connectivity index (χ1n) is 5.54. The molecule has 5 heteroatoms. The van der Waals surface area contributed by atoms with Crippen LogP contribution in [0, 0.1) is 0 Å². The molecular weight excluding hydrogens is 208 g/mol. The number of alkyl carbamates (subject to hydrolysis) is 1. The summed E-state index contributed by atoms with van der Waals surface area (Å²) in [5, 5.41) is 2.51. The lowest BCUT2D eigenvalue weighted by Crippen LogP contribution is -2.40. The van der Waals surface area contributed by atoms with Crippen LogP contribution in [0.3, 0.4) is 0 Å². The number of unbranched alkanes of at least 4 members (excludes halogenated alkanes) is 1. The van der Waals surface area contributed by atoms with E-state index < -0.39 is 17.7 Å². The highest BCUT2D eigenvalue weighted by Crippen LogP contribution is 2.07. The van der Waals surface area contributed by atoms with Crippen molar-refractivity contribution in [1.29, 1.82) is 0 Å². The summed E-state index contributed by atoms with van der Waals surface area (Å²) in [5.74, 6) is 0. The SMILES string of the molecule is CC(C)(C)OC(=O)N[C@H](C=O)CCCCN. The van der Waals surface area contributed by atoms with Crippen LogP contribution < -0.4 is 11.1 Å². The Labute approximate surface area is 96.7 Å². The van der Waals surface area contributed by atoms with Crippen LogP contribution in [-0.4, -0.2) is 30.6 Å². The van der Waals surface area contributed by atoms with E-state index in [0.29, 0.717) is 13.0 Å². The van der Waals surface area contributed by atoms with Gasteiger partial charge in [0, 0.05) is 0 Å². The van der Waals surface area contributed by atoms with Gasteiger partial charge in [0.25, 0.3) is 0 Å². The van der Waals surface area contributed by atoms with Crippen molar-refractivity contribution in [2.75, 3.05) is 6.54 Å². The summed E-state index contributed by atoms with van der Waals surface area (Å²) < 4.78 is 5.04. The van der Waals surface area contributed by atoms with E-state index in [0.717, 1.165) is 19.1 Å². The van der Waals surface area contributed by atoms with Crippen molar-refractivity contribution < 1.29 is 14.3 Å². The smallest absolute Gasteiger partial charge is 0.408 e. The van der Waals surface area contributed by atoms with Gasteiger partial charge in [-0.3, -0.25) is 0 Å². The Morgan fingerprint density at radius 2 is 2.06 bits per heavy atom. The standard InChI is InChI=1S/C11H22N2O3/c1-11(2,3)16-10(15)13-9(8-14)6-4-5-7-12/h8-9H,4-7,12H2,1-3H3,(H,13,15)/t9-/m0/s1. The third-order valence-corrected chi connectivity index (χ3v) is 1.84. The van der Waals surface area contributed by atoms with Crippen molar-refractivity contribution >= 4 is 12.4 Å². The summed E-state index contributed by atoms with van der Waals surface area (Å²) in [4.78, 5) is 22.0. The second-order valence-corrected chi connectivity index (χ2v) is 4.67. The number of carbonyl (C=O) groups excluding carboxylic acids is 2. The zero-order valence-corrected chi connectivity index (χ0v) is 10.3. The van der Waals surface area contributed by atoms with E-state index in [4.69, 9.17) is 10.5 Å². The van der Waals surface area contributed by atoms with Crippen LogP contribution in [0.25, 0.3) is 0 Å². The molecule has 1 atom stereocenters. The molecule has 0 bridgehead atoms. The van der Waals surface area contributed by atoms with E-state index in [1.807, 2.05) is 0 Å². The van der Waals surface area contributed by atoms with Gasteiger partial charge in [0.05, 0.1) is 6.04 Å². The number of aldehydes is 1. The first-order valence-corrected chi connectivity index (χ1v) is 5.54. The third kappa shape index (κ3) is 8.23. The van der Waals surface area contributed by atoms with Crippen molar-refractivity contribution in [2.24, 2.45) is 5.73 Å². The van der Waals surface area contributed by atoms with Crippen LogP contribution in [0.2, 0.25) is 0 Å². The molecule has 0 aromatic heterocycles. The molecule has 0 aliphatic rings. The van der Waals surface area contributed by atoms with Gasteiger partial charge in [-0.1, -0.05) is 0 Å². The molecule has 0 aromatic carbocycles. The average molecular weight is 230 g/mol. The van der Waals surface area contributed by atoms with Gasteiger partial charge in [0.2, 0.25) is 0 Å². The molecule has 0 aliphatic carbocycles. The maximum Gasteiger partial charge on any atom is 0.408 e. The molecule has 0 spiro atoms. The second kappa shape index (κ2) is 7.22. The summed E-state index contributed by atoms with van der Waals surface area (Å²) in [6.45, 7) is 5.92. The number of rotatable bonds is 6. The molecule has 0 heterocycles. The van der Waals surface area contributed by atoms with Gasteiger partial charge >= 0.3 is 6.09 Å². The minimum absolute atomic E-state index is 0.485. The number of nitrogens with one attached hydrogen (secondary N) is 1. The highest BCUT2D eigenvalue weighted by Gasteiger charge is 2.18. The van der Waals surface area contributed by atoms with Crippen molar-refractivity contribution in [3.63, 3.8) is 0 Å². The molecule has 0 fully saturated rings. The molecule has 1 amide bonds. The van der Waals surface area contributed by atoms with E-state index >= 15 is 0 Å². The number of amides is 1. The number of ether oxygens (including phenoxy) is 1. The molecule has 94 valence electrons. The van der Waals surface area contributed by atoms with Gasteiger partial charge in [-0.2, -0.15) is 0 Å². The van der Waals surface area contributed by atoms with E-state index in [-0.39, 0.29) is 0 Å². The molecule has 0 unspecified atom stereocenters. The van der Waals surface area contributed by atoms with Crippen LogP contribution in [0.15, 0.2) is 0 Å². The third-order valence-electron chi connectivity index (χ3n) is 1.84. The van der Waals surface area contributed by atoms with E-state index in [1.54, 1.807) is 20.8 Å². The topological polar surface area (TPSA) is 81.4 Å². The van der Waals surface area contributed by atoms with Crippen LogP contribution in [0.1, 0.15) is 40.0 Å². The normalized spacial score (nSPS) is 13.0. The zero-order chi connectivity index (χ0) is 12.6. The molecule has 0 saturated heterocycles. The maximum atomic E-state index is 11.3. The van der Waals surface area contributed by atoms with Crippen LogP contribution in [0.4, 0.5) is 4.79 Å². The Kier molecular flexibility index (Phi) is 6.72. The van der Waals surface area contributed by atoms with Gasteiger partial charge in [0.1, 0.15) is 11.9 Å². The summed E-state index contributed by atoms with van der Waals surface area (Å²) >= 11 is 0. The predicted molar refractivity (Wildman–Crippen MR) is 62.1 cm³/mol. The molecule has 0 saturated carbocycles. The number of hydrogen-bond donors (Lipinski definition) is 2. The molecular formula is C11H22N2O3. The van der Waals surface area contributed by atoms with E-state index in [2.05, 4.69) is 5.32 Å². The number of hydrogen-bond acceptors (Lipinski definition) is 4. The van der Waals surface area contributed by atoms with E-state index in [9.17, 15) is 9.59 Å². The van der Waals surface area contributed by atoms with Gasteiger partial charge in [-0.15, -0.1) is 0 Å². The molecule has 5 nitrogen and oxygen atoms in total. The Hall–Kier alpha value is -1.10. The second-order valence-electron chi connectivity index (χ2n) is 4.67. The Balaban J connectivity index is 3.92. The average Bonchev–Trinajstić information content (AvgIpc) is 2.13. The van der Waals surface area contributed by atoms with Crippen molar-refractivity contribution in [3.05, 3.63) is 0 Å². The first kappa shape index (κ1) is 14.9. The van der Waals surface area contributed by atoms with Gasteiger partial charge in [-0.05, 0) is 46.6 Å².